The van der Waals surface area contributed by atoms with Gasteiger partial charge in [0.1, 0.15) is 17.7 Å². The predicted octanol–water partition coefficient (Wildman–Crippen LogP) is 4.60. The number of halogens is 1. The molecule has 1 fully saturated rings. The second-order valence-electron chi connectivity index (χ2n) is 9.27. The van der Waals surface area contributed by atoms with Crippen molar-refractivity contribution < 1.29 is 4.79 Å². The summed E-state index contributed by atoms with van der Waals surface area (Å²) >= 11 is 6.06. The molecule has 0 aromatic heterocycles. The number of nitrogens with one attached hydrogen (secondary N) is 1. The van der Waals surface area contributed by atoms with Crippen LogP contribution < -0.4 is 10.2 Å². The lowest BCUT2D eigenvalue weighted by molar-refractivity contribution is -0.116. The number of aryl methyl sites for hydroxylation is 2. The van der Waals surface area contributed by atoms with E-state index in [-0.39, 0.29) is 23.1 Å². The third kappa shape index (κ3) is 6.29. The van der Waals surface area contributed by atoms with E-state index in [2.05, 4.69) is 28.4 Å². The number of carbonyl (C=O) groups excluding carboxylic acids is 1. The molecule has 7 heteroatoms. The predicted molar refractivity (Wildman–Crippen MR) is 140 cm³/mol. The minimum Gasteiger partial charge on any atom is -0.306 e. The van der Waals surface area contributed by atoms with Crippen LogP contribution in [0.3, 0.4) is 0 Å². The van der Waals surface area contributed by atoms with Crippen molar-refractivity contribution in [3.63, 3.8) is 0 Å². The van der Waals surface area contributed by atoms with Crippen molar-refractivity contribution >= 4 is 23.2 Å². The van der Waals surface area contributed by atoms with Gasteiger partial charge in [0.2, 0.25) is 0 Å². The fourth-order valence-electron chi connectivity index (χ4n) is 4.74. The monoisotopic (exact) mass is 489 g/mol. The van der Waals surface area contributed by atoms with Gasteiger partial charge in [-0.2, -0.15) is 10.5 Å². The van der Waals surface area contributed by atoms with E-state index in [1.54, 1.807) is 4.90 Å². The molecule has 0 spiro atoms. The number of amides is 1. The Morgan fingerprint density at radius 3 is 2.34 bits per heavy atom. The van der Waals surface area contributed by atoms with Crippen LogP contribution in [-0.2, 0) is 17.1 Å². The Bertz CT molecular complexity index is 1150. The number of nitriles is 2. The van der Waals surface area contributed by atoms with E-state index in [4.69, 9.17) is 11.6 Å². The van der Waals surface area contributed by atoms with Crippen LogP contribution in [0.15, 0.2) is 53.6 Å². The zero-order chi connectivity index (χ0) is 25.5. The minimum absolute atomic E-state index is 0.143. The molecule has 6 nitrogen and oxygen atoms in total. The Hall–Kier alpha value is -3.16. The van der Waals surface area contributed by atoms with Gasteiger partial charge in [-0.25, -0.2) is 0 Å². The summed E-state index contributed by atoms with van der Waals surface area (Å²) in [6.45, 7) is 10.0. The number of carbonyl (C=O) groups is 1. The van der Waals surface area contributed by atoms with Crippen molar-refractivity contribution in [3.8, 4) is 12.1 Å². The lowest BCUT2D eigenvalue weighted by Crippen LogP contribution is -2.46. The number of allylic oxidation sites excluding steroid dienone is 1. The van der Waals surface area contributed by atoms with Gasteiger partial charge in [0.25, 0.3) is 5.91 Å². The topological polar surface area (TPSA) is 83.2 Å². The molecular formula is C28H32ClN5O. The molecular weight excluding hydrogens is 458 g/mol. The average Bonchev–Trinajstić information content (AvgIpc) is 3.35. The summed E-state index contributed by atoms with van der Waals surface area (Å²) in [6, 6.07) is 17.3. The third-order valence-corrected chi connectivity index (χ3v) is 6.49. The molecule has 0 radical (unpaired) electrons. The molecule has 1 N–H and O–H groups in total. The Kier molecular flexibility index (Phi) is 9.07. The van der Waals surface area contributed by atoms with Crippen LogP contribution >= 0.6 is 11.6 Å². The van der Waals surface area contributed by atoms with Gasteiger partial charge < -0.3 is 10.2 Å². The normalized spacial score (nSPS) is 14.3. The highest BCUT2D eigenvalue weighted by atomic mass is 35.5. The Morgan fingerprint density at radius 2 is 1.80 bits per heavy atom. The van der Waals surface area contributed by atoms with Gasteiger partial charge in [-0.3, -0.25) is 9.69 Å². The maximum Gasteiger partial charge on any atom is 0.258 e. The van der Waals surface area contributed by atoms with Gasteiger partial charge >= 0.3 is 0 Å². The quantitative estimate of drug-likeness (QED) is 0.333. The second kappa shape index (κ2) is 12.0. The smallest absolute Gasteiger partial charge is 0.258 e. The highest BCUT2D eigenvalue weighted by molar-refractivity contribution is 6.17. The van der Waals surface area contributed by atoms with Gasteiger partial charge in [0.05, 0.1) is 5.57 Å². The Morgan fingerprint density at radius 1 is 1.11 bits per heavy atom. The summed E-state index contributed by atoms with van der Waals surface area (Å²) in [5.41, 5.74) is 5.03. The summed E-state index contributed by atoms with van der Waals surface area (Å²) in [5, 5.41) is 23.2. The highest BCUT2D eigenvalue weighted by Crippen LogP contribution is 2.28. The van der Waals surface area contributed by atoms with E-state index in [0.29, 0.717) is 24.7 Å². The van der Waals surface area contributed by atoms with E-state index >= 15 is 0 Å². The van der Waals surface area contributed by atoms with E-state index in [1.165, 1.54) is 0 Å². The molecule has 1 heterocycles. The van der Waals surface area contributed by atoms with E-state index in [1.807, 2.05) is 64.1 Å². The standard InChI is InChI=1S/C28H32ClN5O/c1-19(2)34(25-7-5-6-22(13-25)15-29)28(35)27(24(16-30)17-31)26(33-9-8-32-18-33)14-23-11-20(3)10-21(4)12-23/h5-7,10-13,19,26,32H,8-9,14-15,18H2,1-4H3. The van der Waals surface area contributed by atoms with Crippen LogP contribution in [0.5, 0.6) is 0 Å². The molecule has 1 aliphatic rings. The van der Waals surface area contributed by atoms with Crippen LogP contribution in [0.4, 0.5) is 5.69 Å². The van der Waals surface area contributed by atoms with Crippen LogP contribution in [0.2, 0.25) is 0 Å². The number of hydrogen-bond acceptors (Lipinski definition) is 5. The fourth-order valence-corrected chi connectivity index (χ4v) is 4.91. The van der Waals surface area contributed by atoms with Crippen molar-refractivity contribution in [2.45, 2.75) is 52.1 Å². The van der Waals surface area contributed by atoms with Gasteiger partial charge in [-0.05, 0) is 57.4 Å². The zero-order valence-corrected chi connectivity index (χ0v) is 21.6. The lowest BCUT2D eigenvalue weighted by Gasteiger charge is -2.34. The highest BCUT2D eigenvalue weighted by Gasteiger charge is 2.35. The molecule has 2 aromatic carbocycles. The maximum absolute atomic E-state index is 14.3. The van der Waals surface area contributed by atoms with E-state index in [0.717, 1.165) is 35.3 Å². The molecule has 1 atom stereocenters. The first-order valence-corrected chi connectivity index (χ1v) is 12.4. The van der Waals surface area contributed by atoms with Crippen molar-refractivity contribution in [1.29, 1.82) is 10.5 Å². The minimum atomic E-state index is -0.426. The fraction of sp³-hybridized carbons (Fsp3) is 0.393. The number of nitrogens with zero attached hydrogens (tertiary/aromatic N) is 4. The van der Waals surface area contributed by atoms with Crippen LogP contribution in [0, 0.1) is 36.5 Å². The van der Waals surface area contributed by atoms with E-state index in [9.17, 15) is 15.3 Å². The van der Waals surface area contributed by atoms with Gasteiger partial charge in [0.15, 0.2) is 0 Å². The summed E-state index contributed by atoms with van der Waals surface area (Å²) in [6.07, 6.45) is 0.520. The molecule has 1 amide bonds. The van der Waals surface area contributed by atoms with Crippen LogP contribution in [-0.4, -0.2) is 42.6 Å². The number of benzene rings is 2. The molecule has 0 saturated carbocycles. The van der Waals surface area contributed by atoms with Crippen molar-refractivity contribution in [2.75, 3.05) is 24.7 Å². The number of hydrogen-bond donors (Lipinski definition) is 1. The Balaban J connectivity index is 2.15. The summed E-state index contributed by atoms with van der Waals surface area (Å²) in [4.78, 5) is 18.1. The number of anilines is 1. The van der Waals surface area contributed by atoms with E-state index < -0.39 is 6.04 Å². The molecule has 0 aliphatic carbocycles. The van der Waals surface area contributed by atoms with Crippen molar-refractivity contribution in [2.24, 2.45) is 0 Å². The molecule has 182 valence electrons. The maximum atomic E-state index is 14.3. The largest absolute Gasteiger partial charge is 0.306 e. The first kappa shape index (κ1) is 26.4. The zero-order valence-electron chi connectivity index (χ0n) is 20.8. The van der Waals surface area contributed by atoms with Crippen LogP contribution in [0.25, 0.3) is 0 Å². The second-order valence-corrected chi connectivity index (χ2v) is 9.54. The average molecular weight is 490 g/mol. The molecule has 3 rings (SSSR count). The number of rotatable bonds is 8. The molecule has 1 unspecified atom stereocenters. The van der Waals surface area contributed by atoms with Gasteiger partial charge in [-0.15, -0.1) is 11.6 Å². The Labute approximate surface area is 213 Å². The van der Waals surface area contributed by atoms with Crippen molar-refractivity contribution in [1.82, 2.24) is 10.2 Å². The number of alkyl halides is 1. The molecule has 2 aromatic rings. The van der Waals surface area contributed by atoms with Gasteiger partial charge in [-0.1, -0.05) is 41.5 Å². The molecule has 1 saturated heterocycles. The molecule has 35 heavy (non-hydrogen) atoms. The summed E-state index contributed by atoms with van der Waals surface area (Å²) in [7, 11) is 0. The third-order valence-electron chi connectivity index (χ3n) is 6.18. The van der Waals surface area contributed by atoms with Crippen molar-refractivity contribution in [3.05, 3.63) is 75.9 Å². The molecule has 0 bridgehead atoms. The van der Waals surface area contributed by atoms with Gasteiger partial charge in [0, 0.05) is 43.4 Å². The summed E-state index contributed by atoms with van der Waals surface area (Å²) < 4.78 is 0. The summed E-state index contributed by atoms with van der Waals surface area (Å²) in [5.74, 6) is -0.00121. The SMILES string of the molecule is Cc1cc(C)cc(CC(C(C(=O)N(c2cccc(CCl)c2)C(C)C)=C(C#N)C#N)N2CCNC2)c1. The first-order valence-electron chi connectivity index (χ1n) is 11.8. The lowest BCUT2D eigenvalue weighted by atomic mass is 9.91. The van der Waals surface area contributed by atoms with Crippen LogP contribution in [0.1, 0.15) is 36.1 Å². The molecule has 1 aliphatic heterocycles. The first-order chi connectivity index (χ1) is 16.8.